The number of nitrogens with one attached hydrogen (secondary N) is 1. The number of carbonyl (C=O) groups is 1. The normalized spacial score (nSPS) is 20.2. The Morgan fingerprint density at radius 2 is 1.93 bits per heavy atom. The number of imidazole rings is 1. The van der Waals surface area contributed by atoms with Crippen molar-refractivity contribution in [3.05, 3.63) is 53.1 Å². The molecule has 5 heteroatoms. The second kappa shape index (κ2) is 9.42. The third-order valence-electron chi connectivity index (χ3n) is 5.85. The Bertz CT molecular complexity index is 782. The minimum absolute atomic E-state index is 0.161. The molecular weight excluding hydrogens is 463 g/mol. The van der Waals surface area contributed by atoms with Gasteiger partial charge in [0.05, 0.1) is 5.92 Å². The number of nitrogens with zero attached hydrogens (tertiary/aromatic N) is 1. The zero-order valence-electron chi connectivity index (χ0n) is 16.9. The summed E-state index contributed by atoms with van der Waals surface area (Å²) in [5.41, 5.74) is 3.95. The largest absolute Gasteiger partial charge is 0.481 e. The van der Waals surface area contributed by atoms with Crippen LogP contribution >= 0.6 is 22.6 Å². The van der Waals surface area contributed by atoms with E-state index in [4.69, 9.17) is 0 Å². The van der Waals surface area contributed by atoms with Gasteiger partial charge in [0.1, 0.15) is 5.82 Å². The van der Waals surface area contributed by atoms with Crippen LogP contribution in [0.4, 0.5) is 0 Å². The van der Waals surface area contributed by atoms with Crippen LogP contribution in [0, 0.1) is 11.3 Å². The van der Waals surface area contributed by atoms with E-state index in [-0.39, 0.29) is 17.3 Å². The number of carboxylic acid groups (broad SMARTS) is 1. The number of alkyl halides is 1. The van der Waals surface area contributed by atoms with Crippen molar-refractivity contribution in [2.75, 3.05) is 4.43 Å². The first-order valence-corrected chi connectivity index (χ1v) is 11.8. The minimum Gasteiger partial charge on any atom is -0.481 e. The number of H-pyrrole nitrogens is 1. The number of benzene rings is 1. The Morgan fingerprint density at radius 3 is 2.61 bits per heavy atom. The summed E-state index contributed by atoms with van der Waals surface area (Å²) in [5.74, 6) is 0.330. The Labute approximate surface area is 181 Å². The predicted molar refractivity (Wildman–Crippen MR) is 121 cm³/mol. The first-order chi connectivity index (χ1) is 13.4. The number of hydrogen-bond acceptors (Lipinski definition) is 2. The summed E-state index contributed by atoms with van der Waals surface area (Å²) < 4.78 is 1.12. The lowest BCUT2D eigenvalue weighted by molar-refractivity contribution is -0.143. The fourth-order valence-electron chi connectivity index (χ4n) is 4.21. The molecule has 28 heavy (non-hydrogen) atoms. The molecular formula is C23H31IN2O2. The van der Waals surface area contributed by atoms with Crippen LogP contribution in [0.1, 0.15) is 68.1 Å². The molecule has 2 atom stereocenters. The number of rotatable bonds is 8. The van der Waals surface area contributed by atoms with E-state index in [1.165, 1.54) is 16.8 Å². The van der Waals surface area contributed by atoms with E-state index in [2.05, 4.69) is 70.7 Å². The minimum atomic E-state index is -0.645. The monoisotopic (exact) mass is 494 g/mol. The van der Waals surface area contributed by atoms with Crippen molar-refractivity contribution >= 4 is 28.6 Å². The lowest BCUT2D eigenvalue weighted by atomic mass is 9.75. The maximum atomic E-state index is 11.6. The molecule has 0 radical (unpaired) electrons. The van der Waals surface area contributed by atoms with Gasteiger partial charge in [-0.1, -0.05) is 73.5 Å². The number of aromatic amines is 1. The van der Waals surface area contributed by atoms with Crippen molar-refractivity contribution in [3.63, 3.8) is 0 Å². The van der Waals surface area contributed by atoms with Gasteiger partial charge in [0.25, 0.3) is 0 Å². The Kier molecular flexibility index (Phi) is 7.18. The molecule has 0 amide bonds. The second-order valence-electron chi connectivity index (χ2n) is 8.91. The number of aryl methyl sites for hydroxylation is 2. The maximum absolute atomic E-state index is 11.6. The summed E-state index contributed by atoms with van der Waals surface area (Å²) in [7, 11) is 0. The van der Waals surface area contributed by atoms with Crippen LogP contribution in [0.25, 0.3) is 0 Å². The van der Waals surface area contributed by atoms with Gasteiger partial charge in [0.2, 0.25) is 0 Å². The molecule has 4 nitrogen and oxygen atoms in total. The van der Waals surface area contributed by atoms with Gasteiger partial charge in [-0.05, 0) is 48.1 Å². The average molecular weight is 494 g/mol. The predicted octanol–water partition coefficient (Wildman–Crippen LogP) is 5.56. The quantitative estimate of drug-likeness (QED) is 0.373. The van der Waals surface area contributed by atoms with E-state index in [1.807, 2.05) is 6.20 Å². The van der Waals surface area contributed by atoms with Crippen molar-refractivity contribution in [1.29, 1.82) is 0 Å². The first kappa shape index (κ1) is 21.3. The van der Waals surface area contributed by atoms with Crippen molar-refractivity contribution in [2.45, 2.75) is 64.7 Å². The van der Waals surface area contributed by atoms with E-state index in [1.54, 1.807) is 0 Å². The molecule has 1 saturated carbocycles. The van der Waals surface area contributed by atoms with Crippen molar-refractivity contribution in [3.8, 4) is 0 Å². The summed E-state index contributed by atoms with van der Waals surface area (Å²) in [4.78, 5) is 19.6. The summed E-state index contributed by atoms with van der Waals surface area (Å²) in [6.45, 7) is 4.56. The maximum Gasteiger partial charge on any atom is 0.307 e. The fourth-order valence-corrected chi connectivity index (χ4v) is 4.47. The molecule has 0 aliphatic heterocycles. The SMILES string of the molecule is CC(C)(CI)Cc1cnc(CCc2ccc(C3CCCCC3C(=O)O)cc2)[nH]1. The Balaban J connectivity index is 1.58. The summed E-state index contributed by atoms with van der Waals surface area (Å²) in [6.07, 6.45) is 8.78. The molecule has 1 aromatic carbocycles. The summed E-state index contributed by atoms with van der Waals surface area (Å²) in [6, 6.07) is 8.59. The molecule has 0 saturated heterocycles. The molecule has 2 aromatic rings. The lowest BCUT2D eigenvalue weighted by Gasteiger charge is -2.29. The van der Waals surface area contributed by atoms with Crippen LogP contribution in [0.15, 0.2) is 30.5 Å². The van der Waals surface area contributed by atoms with E-state index in [0.717, 1.165) is 55.2 Å². The van der Waals surface area contributed by atoms with Crippen molar-refractivity contribution in [2.24, 2.45) is 11.3 Å². The highest BCUT2D eigenvalue weighted by Crippen LogP contribution is 2.38. The highest BCUT2D eigenvalue weighted by atomic mass is 127. The number of carboxylic acids is 1. The molecule has 152 valence electrons. The van der Waals surface area contributed by atoms with Gasteiger partial charge in [-0.25, -0.2) is 4.98 Å². The van der Waals surface area contributed by atoms with Gasteiger partial charge in [0, 0.05) is 22.7 Å². The van der Waals surface area contributed by atoms with Crippen molar-refractivity contribution in [1.82, 2.24) is 9.97 Å². The molecule has 0 spiro atoms. The number of halogens is 1. The van der Waals surface area contributed by atoms with Crippen LogP contribution in [0.2, 0.25) is 0 Å². The zero-order valence-corrected chi connectivity index (χ0v) is 19.0. The Morgan fingerprint density at radius 1 is 1.21 bits per heavy atom. The molecule has 1 fully saturated rings. The summed E-state index contributed by atoms with van der Waals surface area (Å²) >= 11 is 2.44. The highest BCUT2D eigenvalue weighted by Gasteiger charge is 2.31. The van der Waals surface area contributed by atoms with Crippen LogP contribution in [0.3, 0.4) is 0 Å². The van der Waals surface area contributed by atoms with Gasteiger partial charge >= 0.3 is 5.97 Å². The number of hydrogen-bond donors (Lipinski definition) is 2. The first-order valence-electron chi connectivity index (χ1n) is 10.3. The fraction of sp³-hybridized carbons (Fsp3) is 0.565. The highest BCUT2D eigenvalue weighted by molar-refractivity contribution is 14.1. The smallest absolute Gasteiger partial charge is 0.307 e. The topological polar surface area (TPSA) is 66.0 Å². The molecule has 1 aliphatic rings. The van der Waals surface area contributed by atoms with Crippen LogP contribution in [0.5, 0.6) is 0 Å². The van der Waals surface area contributed by atoms with E-state index in [9.17, 15) is 9.90 Å². The zero-order chi connectivity index (χ0) is 20.1. The standard InChI is InChI=1S/C23H31IN2O2/c1-23(2,15-24)13-18-14-25-21(26-18)12-9-16-7-10-17(11-8-16)19-5-3-4-6-20(19)22(27)28/h7-8,10-11,14,19-20H,3-6,9,12-13,15H2,1-2H3,(H,25,26)(H,27,28). The van der Waals surface area contributed by atoms with Gasteiger partial charge in [0.15, 0.2) is 0 Å². The molecule has 3 rings (SSSR count). The third-order valence-corrected chi connectivity index (χ3v) is 7.92. The van der Waals surface area contributed by atoms with E-state index < -0.39 is 5.97 Å². The molecule has 0 bridgehead atoms. The van der Waals surface area contributed by atoms with Gasteiger partial charge in [-0.2, -0.15) is 0 Å². The van der Waals surface area contributed by atoms with Gasteiger partial charge in [-0.3, -0.25) is 4.79 Å². The summed E-state index contributed by atoms with van der Waals surface area (Å²) in [5, 5.41) is 9.51. The van der Waals surface area contributed by atoms with E-state index in [0.29, 0.717) is 0 Å². The second-order valence-corrected chi connectivity index (χ2v) is 9.67. The lowest BCUT2D eigenvalue weighted by Crippen LogP contribution is -2.25. The Hall–Kier alpha value is -1.37. The van der Waals surface area contributed by atoms with Crippen LogP contribution in [-0.2, 0) is 24.1 Å². The third kappa shape index (κ3) is 5.58. The number of aromatic nitrogens is 2. The van der Waals surface area contributed by atoms with Crippen molar-refractivity contribution < 1.29 is 9.90 Å². The molecule has 1 aliphatic carbocycles. The molecule has 1 aromatic heterocycles. The van der Waals surface area contributed by atoms with Gasteiger partial charge in [-0.15, -0.1) is 0 Å². The molecule has 1 heterocycles. The number of aliphatic carboxylic acids is 1. The molecule has 2 unspecified atom stereocenters. The molecule has 2 N–H and O–H groups in total. The average Bonchev–Trinajstić information content (AvgIpc) is 3.13. The van der Waals surface area contributed by atoms with Crippen LogP contribution < -0.4 is 0 Å². The van der Waals surface area contributed by atoms with E-state index >= 15 is 0 Å². The van der Waals surface area contributed by atoms with Crippen LogP contribution in [-0.4, -0.2) is 25.5 Å². The van der Waals surface area contributed by atoms with Gasteiger partial charge < -0.3 is 10.1 Å².